The van der Waals surface area contributed by atoms with Gasteiger partial charge in [0.2, 0.25) is 11.8 Å². The van der Waals surface area contributed by atoms with Gasteiger partial charge in [-0.1, -0.05) is 45.2 Å². The number of piperazine rings is 3. The van der Waals surface area contributed by atoms with Crippen molar-refractivity contribution in [1.29, 1.82) is 0 Å². The van der Waals surface area contributed by atoms with Crippen LogP contribution in [0.25, 0.3) is 0 Å². The Morgan fingerprint density at radius 2 is 1.00 bits per heavy atom. The summed E-state index contributed by atoms with van der Waals surface area (Å²) in [7, 11) is 4.26. The zero-order valence-corrected chi connectivity index (χ0v) is 26.4. The summed E-state index contributed by atoms with van der Waals surface area (Å²) in [6.45, 7) is 28.3. The van der Waals surface area contributed by atoms with Crippen LogP contribution in [0.2, 0.25) is 0 Å². The molecule has 234 valence electrons. The van der Waals surface area contributed by atoms with E-state index in [-0.39, 0.29) is 11.8 Å². The predicted molar refractivity (Wildman–Crippen MR) is 168 cm³/mol. The van der Waals surface area contributed by atoms with Gasteiger partial charge in [0.15, 0.2) is 0 Å². The maximum absolute atomic E-state index is 12.4. The van der Waals surface area contributed by atoms with Gasteiger partial charge in [0.25, 0.3) is 0 Å². The Hall–Kier alpha value is -2.08. The first-order valence-electron chi connectivity index (χ1n) is 15.5. The van der Waals surface area contributed by atoms with Crippen LogP contribution in [0.1, 0.15) is 13.8 Å². The monoisotopic (exact) mass is 575 g/mol. The molecule has 0 aromatic carbocycles. The maximum atomic E-state index is 12.4. The second kappa shape index (κ2) is 19.9. The highest BCUT2D eigenvalue weighted by molar-refractivity contribution is 5.78. The second-order valence-corrected chi connectivity index (χ2v) is 11.0. The van der Waals surface area contributed by atoms with E-state index in [0.717, 1.165) is 98.2 Å². The lowest BCUT2D eigenvalue weighted by Crippen LogP contribution is -2.53. The summed E-state index contributed by atoms with van der Waals surface area (Å²) in [5, 5.41) is 0. The van der Waals surface area contributed by atoms with E-state index < -0.39 is 0 Å². The molecule has 4 saturated heterocycles. The number of amides is 2. The van der Waals surface area contributed by atoms with E-state index in [4.69, 9.17) is 4.74 Å². The number of hydrogen-bond donors (Lipinski definition) is 0. The molecule has 0 bridgehead atoms. The Morgan fingerprint density at radius 3 is 1.41 bits per heavy atom. The molecule has 0 N–H and O–H groups in total. The van der Waals surface area contributed by atoms with Crippen molar-refractivity contribution in [3.05, 3.63) is 37.0 Å². The van der Waals surface area contributed by atoms with Crippen molar-refractivity contribution in [1.82, 2.24) is 34.3 Å². The molecule has 4 heterocycles. The summed E-state index contributed by atoms with van der Waals surface area (Å²) >= 11 is 0. The number of hydrogen-bond acceptors (Lipinski definition) is 8. The molecule has 0 radical (unpaired) electrons. The number of allylic oxidation sites excluding steroid dienone is 2. The molecule has 4 aliphatic rings. The third kappa shape index (κ3) is 13.2. The van der Waals surface area contributed by atoms with Gasteiger partial charge < -0.3 is 24.3 Å². The minimum Gasteiger partial charge on any atom is -0.378 e. The highest BCUT2D eigenvalue weighted by Gasteiger charge is 2.24. The lowest BCUT2D eigenvalue weighted by Gasteiger charge is -2.37. The smallest absolute Gasteiger partial charge is 0.236 e. The number of nitrogens with zero attached hydrogens (tertiary/aromatic N) is 7. The number of likely N-dealkylation sites (N-methyl/N-ethyl adjacent to an activating group) is 2. The summed E-state index contributed by atoms with van der Waals surface area (Å²) in [6, 6.07) is 0. The fourth-order valence-corrected chi connectivity index (χ4v) is 5.16. The fraction of sp³-hybridized carbons (Fsp3) is 0.742. The van der Waals surface area contributed by atoms with Crippen LogP contribution in [0.3, 0.4) is 0 Å². The van der Waals surface area contributed by atoms with E-state index in [1.807, 2.05) is 35.8 Å². The molecule has 41 heavy (non-hydrogen) atoms. The first-order valence-corrected chi connectivity index (χ1v) is 15.5. The minimum absolute atomic E-state index is 0.257. The van der Waals surface area contributed by atoms with Gasteiger partial charge in [-0.2, -0.15) is 0 Å². The van der Waals surface area contributed by atoms with Crippen molar-refractivity contribution in [3.8, 4) is 0 Å². The Morgan fingerprint density at radius 1 is 0.610 bits per heavy atom. The molecule has 10 heteroatoms. The molecular formula is C31H57N7O3. The Bertz CT molecular complexity index is 807. The summed E-state index contributed by atoms with van der Waals surface area (Å²) in [5.41, 5.74) is 1.18. The SMILES string of the molecule is C=C/C=C(\C=C)CN1CCN(C(=O)CN2CCN(C)CC2)CC1.CC.CN1CCN(CC(=O)N2CCOCC2)CC1. The van der Waals surface area contributed by atoms with E-state index >= 15 is 0 Å². The van der Waals surface area contributed by atoms with Crippen LogP contribution in [0, 0.1) is 0 Å². The van der Waals surface area contributed by atoms with E-state index in [2.05, 4.69) is 51.8 Å². The Balaban J connectivity index is 0.000000285. The second-order valence-electron chi connectivity index (χ2n) is 11.0. The van der Waals surface area contributed by atoms with Gasteiger partial charge in [-0.05, 0) is 19.7 Å². The van der Waals surface area contributed by atoms with Crippen LogP contribution in [0.4, 0.5) is 0 Å². The maximum Gasteiger partial charge on any atom is 0.236 e. The van der Waals surface area contributed by atoms with Gasteiger partial charge in [-0.25, -0.2) is 0 Å². The zero-order chi connectivity index (χ0) is 30.0. The van der Waals surface area contributed by atoms with Crippen LogP contribution in [0.15, 0.2) is 37.0 Å². The quantitative estimate of drug-likeness (QED) is 0.394. The molecule has 0 saturated carbocycles. The number of carbonyl (C=O) groups excluding carboxylic acids is 2. The standard InChI is InChI=1S/C18H30N4O.C11H21N3O2.C2H6/c1-4-6-17(5-2)15-20-11-13-22(14-12-20)18(23)16-21-9-7-19(3)8-10-21;1-12-2-4-13(5-3-12)10-11(15)14-6-8-16-9-7-14;1-2/h4-6H,1-2,7-16H2,3H3;2-10H2,1H3;1-2H3/b17-6+;;. The fourth-order valence-electron chi connectivity index (χ4n) is 5.16. The summed E-state index contributed by atoms with van der Waals surface area (Å²) in [4.78, 5) is 39.9. The first-order chi connectivity index (χ1) is 19.9. The Kier molecular flexibility index (Phi) is 17.1. The van der Waals surface area contributed by atoms with Crippen molar-refractivity contribution in [2.24, 2.45) is 0 Å². The molecule has 0 unspecified atom stereocenters. The molecule has 0 aliphatic carbocycles. The van der Waals surface area contributed by atoms with E-state index in [0.29, 0.717) is 26.3 Å². The van der Waals surface area contributed by atoms with Crippen LogP contribution in [0.5, 0.6) is 0 Å². The number of carbonyl (C=O) groups is 2. The molecule has 2 amide bonds. The largest absolute Gasteiger partial charge is 0.378 e. The van der Waals surface area contributed by atoms with Crippen molar-refractivity contribution < 1.29 is 14.3 Å². The normalized spacial score (nSPS) is 22.2. The lowest BCUT2D eigenvalue weighted by atomic mass is 10.2. The van der Waals surface area contributed by atoms with Crippen LogP contribution in [-0.4, -0.2) is 185 Å². The van der Waals surface area contributed by atoms with Crippen LogP contribution >= 0.6 is 0 Å². The topological polar surface area (TPSA) is 66.1 Å². The van der Waals surface area contributed by atoms with Gasteiger partial charge in [-0.15, -0.1) is 0 Å². The van der Waals surface area contributed by atoms with Crippen molar-refractivity contribution in [2.45, 2.75) is 13.8 Å². The average molecular weight is 576 g/mol. The summed E-state index contributed by atoms with van der Waals surface area (Å²) in [5.74, 6) is 0.535. The molecule has 4 aliphatic heterocycles. The Labute approximate surface area is 249 Å². The van der Waals surface area contributed by atoms with E-state index in [9.17, 15) is 9.59 Å². The molecular weight excluding hydrogens is 518 g/mol. The van der Waals surface area contributed by atoms with Gasteiger partial charge in [-0.3, -0.25) is 24.3 Å². The van der Waals surface area contributed by atoms with Crippen molar-refractivity contribution in [2.75, 3.05) is 139 Å². The lowest BCUT2D eigenvalue weighted by molar-refractivity contribution is -0.137. The average Bonchev–Trinajstić information content (AvgIpc) is 3.01. The van der Waals surface area contributed by atoms with Crippen molar-refractivity contribution in [3.63, 3.8) is 0 Å². The molecule has 4 fully saturated rings. The highest BCUT2D eigenvalue weighted by Crippen LogP contribution is 2.08. The van der Waals surface area contributed by atoms with E-state index in [1.165, 1.54) is 5.57 Å². The first kappa shape index (κ1) is 35.1. The minimum atomic E-state index is 0.257. The molecule has 0 aromatic rings. The summed E-state index contributed by atoms with van der Waals surface area (Å²) < 4.78 is 5.24. The molecule has 0 spiro atoms. The third-order valence-electron chi connectivity index (χ3n) is 8.00. The number of rotatable bonds is 8. The highest BCUT2D eigenvalue weighted by atomic mass is 16.5. The van der Waals surface area contributed by atoms with Gasteiger partial charge in [0.05, 0.1) is 26.3 Å². The van der Waals surface area contributed by atoms with Gasteiger partial charge in [0.1, 0.15) is 0 Å². The molecule has 4 rings (SSSR count). The van der Waals surface area contributed by atoms with Gasteiger partial charge >= 0.3 is 0 Å². The van der Waals surface area contributed by atoms with Crippen molar-refractivity contribution >= 4 is 11.8 Å². The number of morpholine rings is 1. The molecule has 10 nitrogen and oxygen atoms in total. The van der Waals surface area contributed by atoms with Crippen LogP contribution in [-0.2, 0) is 14.3 Å². The number of ether oxygens (including phenoxy) is 1. The zero-order valence-electron chi connectivity index (χ0n) is 26.4. The van der Waals surface area contributed by atoms with Crippen LogP contribution < -0.4 is 0 Å². The summed E-state index contributed by atoms with van der Waals surface area (Å²) in [6.07, 6.45) is 5.68. The third-order valence-corrected chi connectivity index (χ3v) is 8.00. The predicted octanol–water partition coefficient (Wildman–Crippen LogP) is 0.795. The van der Waals surface area contributed by atoms with E-state index in [1.54, 1.807) is 6.08 Å². The van der Waals surface area contributed by atoms with Gasteiger partial charge in [0, 0.05) is 98.2 Å². The molecule has 0 aromatic heterocycles. The molecule has 0 atom stereocenters.